The zero-order chi connectivity index (χ0) is 18.9. The van der Waals surface area contributed by atoms with Crippen molar-refractivity contribution in [2.75, 3.05) is 30.9 Å². The highest BCUT2D eigenvalue weighted by Crippen LogP contribution is 2.15. The molecule has 0 saturated heterocycles. The molecule has 1 N–H and O–H groups in total. The highest BCUT2D eigenvalue weighted by Gasteiger charge is 2.13. The predicted octanol–water partition coefficient (Wildman–Crippen LogP) is 2.84. The third kappa shape index (κ3) is 5.49. The van der Waals surface area contributed by atoms with E-state index in [1.54, 1.807) is 42.5 Å². The minimum absolute atomic E-state index is 0.171. The van der Waals surface area contributed by atoms with Crippen molar-refractivity contribution in [1.29, 1.82) is 5.26 Å². The average Bonchev–Trinajstić information content (AvgIpc) is 2.65. The summed E-state index contributed by atoms with van der Waals surface area (Å²) in [6.45, 7) is -0.466. The number of carbonyl (C=O) groups is 2. The van der Waals surface area contributed by atoms with Gasteiger partial charge in [-0.05, 0) is 35.9 Å². The Labute approximate surface area is 152 Å². The van der Waals surface area contributed by atoms with Crippen LogP contribution in [-0.4, -0.2) is 32.6 Å². The summed E-state index contributed by atoms with van der Waals surface area (Å²) in [6.07, 6.45) is 1.43. The van der Waals surface area contributed by atoms with E-state index in [4.69, 9.17) is 4.74 Å². The molecule has 132 valence electrons. The first-order valence-electron chi connectivity index (χ1n) is 7.91. The lowest BCUT2D eigenvalue weighted by molar-refractivity contribution is -0.142. The van der Waals surface area contributed by atoms with Gasteiger partial charge in [-0.25, -0.2) is 4.79 Å². The van der Waals surface area contributed by atoms with Gasteiger partial charge in [-0.15, -0.1) is 0 Å². The molecule has 0 unspecified atom stereocenters. The van der Waals surface area contributed by atoms with Gasteiger partial charge in [0.2, 0.25) is 0 Å². The monoisotopic (exact) mass is 349 g/mol. The third-order valence-corrected chi connectivity index (χ3v) is 3.45. The van der Waals surface area contributed by atoms with E-state index in [9.17, 15) is 14.9 Å². The van der Waals surface area contributed by atoms with Crippen molar-refractivity contribution in [3.63, 3.8) is 0 Å². The minimum atomic E-state index is -0.840. The lowest BCUT2D eigenvalue weighted by Gasteiger charge is -2.11. The van der Waals surface area contributed by atoms with E-state index in [1.165, 1.54) is 6.08 Å². The minimum Gasteiger partial charge on any atom is -0.451 e. The van der Waals surface area contributed by atoms with Crippen LogP contribution in [0.4, 0.5) is 11.4 Å². The standard InChI is InChI=1S/C20H19N3O3/c1-23(2)18-10-8-15(9-11-18)12-16(13-21)20(25)26-14-19(24)22-17-6-4-3-5-7-17/h3-12H,14H2,1-2H3,(H,22,24). The van der Waals surface area contributed by atoms with Crippen LogP contribution in [-0.2, 0) is 14.3 Å². The molecule has 0 bridgehead atoms. The van der Waals surface area contributed by atoms with Gasteiger partial charge in [0, 0.05) is 25.5 Å². The first-order chi connectivity index (χ1) is 12.5. The predicted molar refractivity (Wildman–Crippen MR) is 100 cm³/mol. The second kappa shape index (κ2) is 9.04. The molecule has 6 nitrogen and oxygen atoms in total. The maximum Gasteiger partial charge on any atom is 0.349 e. The normalized spacial score (nSPS) is 10.6. The Hall–Kier alpha value is -3.59. The van der Waals surface area contributed by atoms with Gasteiger partial charge >= 0.3 is 5.97 Å². The summed E-state index contributed by atoms with van der Waals surface area (Å²) in [5, 5.41) is 11.8. The van der Waals surface area contributed by atoms with Gasteiger partial charge < -0.3 is 15.0 Å². The Morgan fingerprint density at radius 3 is 2.35 bits per heavy atom. The van der Waals surface area contributed by atoms with Gasteiger partial charge in [-0.1, -0.05) is 30.3 Å². The van der Waals surface area contributed by atoms with E-state index >= 15 is 0 Å². The second-order valence-corrected chi connectivity index (χ2v) is 5.65. The Bertz CT molecular complexity index is 835. The smallest absolute Gasteiger partial charge is 0.349 e. The van der Waals surface area contributed by atoms with E-state index in [1.807, 2.05) is 37.2 Å². The summed E-state index contributed by atoms with van der Waals surface area (Å²) in [7, 11) is 3.84. The molecule has 0 heterocycles. The van der Waals surface area contributed by atoms with Gasteiger partial charge in [0.05, 0.1) is 0 Å². The second-order valence-electron chi connectivity index (χ2n) is 5.65. The number of benzene rings is 2. The molecule has 2 rings (SSSR count). The number of nitrogens with zero attached hydrogens (tertiary/aromatic N) is 2. The van der Waals surface area contributed by atoms with Crippen LogP contribution in [0.5, 0.6) is 0 Å². The van der Waals surface area contributed by atoms with Crippen LogP contribution in [0.15, 0.2) is 60.2 Å². The van der Waals surface area contributed by atoms with E-state index in [0.717, 1.165) is 5.69 Å². The average molecular weight is 349 g/mol. The number of esters is 1. The lowest BCUT2D eigenvalue weighted by atomic mass is 10.1. The quantitative estimate of drug-likeness (QED) is 0.493. The number of amides is 1. The van der Waals surface area contributed by atoms with Gasteiger partial charge in [0.25, 0.3) is 5.91 Å². The molecule has 0 atom stereocenters. The molecule has 0 spiro atoms. The van der Waals surface area contributed by atoms with Crippen molar-refractivity contribution in [2.24, 2.45) is 0 Å². The van der Waals surface area contributed by atoms with Crippen LogP contribution < -0.4 is 10.2 Å². The molecule has 1 amide bonds. The van der Waals surface area contributed by atoms with Crippen LogP contribution in [0.25, 0.3) is 6.08 Å². The zero-order valence-corrected chi connectivity index (χ0v) is 14.6. The Kier molecular flexibility index (Phi) is 6.52. The topological polar surface area (TPSA) is 82.4 Å². The number of rotatable bonds is 6. The molecule has 0 radical (unpaired) electrons. The highest BCUT2D eigenvalue weighted by atomic mass is 16.5. The van der Waals surface area contributed by atoms with Crippen LogP contribution >= 0.6 is 0 Å². The van der Waals surface area contributed by atoms with Crippen LogP contribution in [0.1, 0.15) is 5.56 Å². The molecule has 0 aliphatic heterocycles. The fourth-order valence-corrected chi connectivity index (χ4v) is 2.10. The van der Waals surface area contributed by atoms with Crippen molar-refractivity contribution < 1.29 is 14.3 Å². The fraction of sp³-hybridized carbons (Fsp3) is 0.150. The van der Waals surface area contributed by atoms with Gasteiger partial charge in [-0.3, -0.25) is 4.79 Å². The summed E-state index contributed by atoms with van der Waals surface area (Å²) in [4.78, 5) is 25.7. The zero-order valence-electron chi connectivity index (χ0n) is 14.6. The number of anilines is 2. The molecule has 0 aliphatic rings. The van der Waals surface area contributed by atoms with Crippen molar-refractivity contribution in [1.82, 2.24) is 0 Å². The van der Waals surface area contributed by atoms with Crippen molar-refractivity contribution in [3.05, 3.63) is 65.7 Å². The van der Waals surface area contributed by atoms with E-state index in [2.05, 4.69) is 5.32 Å². The molecule has 0 fully saturated rings. The first-order valence-corrected chi connectivity index (χ1v) is 7.91. The molecular weight excluding hydrogens is 330 g/mol. The van der Waals surface area contributed by atoms with Crippen molar-refractivity contribution in [3.8, 4) is 6.07 Å². The SMILES string of the molecule is CN(C)c1ccc(C=C(C#N)C(=O)OCC(=O)Nc2ccccc2)cc1. The van der Waals surface area contributed by atoms with E-state index < -0.39 is 18.5 Å². The number of ether oxygens (including phenoxy) is 1. The van der Waals surface area contributed by atoms with Crippen LogP contribution in [0.2, 0.25) is 0 Å². The molecular formula is C20H19N3O3. The Morgan fingerprint density at radius 1 is 1.12 bits per heavy atom. The fourth-order valence-electron chi connectivity index (χ4n) is 2.10. The highest BCUT2D eigenvalue weighted by molar-refractivity contribution is 6.00. The Balaban J connectivity index is 1.95. The van der Waals surface area contributed by atoms with Crippen LogP contribution in [0, 0.1) is 11.3 Å². The summed E-state index contributed by atoms with van der Waals surface area (Å²) >= 11 is 0. The Morgan fingerprint density at radius 2 is 1.77 bits per heavy atom. The molecule has 6 heteroatoms. The van der Waals surface area contributed by atoms with E-state index in [-0.39, 0.29) is 5.57 Å². The van der Waals surface area contributed by atoms with Crippen molar-refractivity contribution >= 4 is 29.3 Å². The van der Waals surface area contributed by atoms with Crippen LogP contribution in [0.3, 0.4) is 0 Å². The largest absolute Gasteiger partial charge is 0.451 e. The summed E-state index contributed by atoms with van der Waals surface area (Å²) < 4.78 is 4.91. The maximum absolute atomic E-state index is 12.0. The van der Waals surface area contributed by atoms with Gasteiger partial charge in [0.1, 0.15) is 11.6 Å². The number of carbonyl (C=O) groups excluding carboxylic acids is 2. The number of nitrogens with one attached hydrogen (secondary N) is 1. The summed E-state index contributed by atoms with van der Waals surface area (Å²) in [6, 6.07) is 18.0. The first kappa shape index (κ1) is 18.7. The molecule has 26 heavy (non-hydrogen) atoms. The molecule has 0 aromatic heterocycles. The third-order valence-electron chi connectivity index (χ3n) is 3.45. The molecule has 0 saturated carbocycles. The number of hydrogen-bond acceptors (Lipinski definition) is 5. The van der Waals surface area contributed by atoms with Gasteiger partial charge in [0.15, 0.2) is 6.61 Å². The molecule has 2 aromatic carbocycles. The van der Waals surface area contributed by atoms with E-state index in [0.29, 0.717) is 11.3 Å². The molecule has 2 aromatic rings. The number of nitriles is 1. The maximum atomic E-state index is 12.0. The number of hydrogen-bond donors (Lipinski definition) is 1. The van der Waals surface area contributed by atoms with Crippen molar-refractivity contribution in [2.45, 2.75) is 0 Å². The summed E-state index contributed by atoms with van der Waals surface area (Å²) in [5.74, 6) is -1.32. The van der Waals surface area contributed by atoms with Gasteiger partial charge in [-0.2, -0.15) is 5.26 Å². The number of para-hydroxylation sites is 1. The summed E-state index contributed by atoms with van der Waals surface area (Å²) in [5.41, 5.74) is 2.12. The lowest BCUT2D eigenvalue weighted by Crippen LogP contribution is -2.21. The molecule has 0 aliphatic carbocycles.